The molecule has 8 nitrogen and oxygen atoms in total. The predicted molar refractivity (Wildman–Crippen MR) is 115 cm³/mol. The van der Waals surface area contributed by atoms with Crippen LogP contribution in [0.15, 0.2) is 71.8 Å². The van der Waals surface area contributed by atoms with Gasteiger partial charge in [-0.25, -0.2) is 13.3 Å². The highest BCUT2D eigenvalue weighted by molar-refractivity contribution is 7.74. The van der Waals surface area contributed by atoms with E-state index in [2.05, 4.69) is 9.28 Å². The zero-order valence-electron chi connectivity index (χ0n) is 17.0. The van der Waals surface area contributed by atoms with Crippen LogP contribution in [0.3, 0.4) is 0 Å². The van der Waals surface area contributed by atoms with Gasteiger partial charge in [-0.05, 0) is 37.3 Å². The second-order valence-corrected chi connectivity index (χ2v) is 7.30. The highest BCUT2D eigenvalue weighted by Gasteiger charge is 2.21. The van der Waals surface area contributed by atoms with Gasteiger partial charge in [0.2, 0.25) is 5.43 Å². The Bertz CT molecular complexity index is 1370. The minimum absolute atomic E-state index is 0.00630. The Kier molecular flexibility index (Phi) is 5.89. The molecule has 0 saturated carbocycles. The molecule has 1 atom stereocenters. The highest BCUT2D eigenvalue weighted by Crippen LogP contribution is 2.29. The highest BCUT2D eigenvalue weighted by atomic mass is 32.2. The van der Waals surface area contributed by atoms with Gasteiger partial charge < -0.3 is 18.0 Å². The minimum Gasteiger partial charge on any atom is -0.740 e. The number of hydrogen-bond acceptors (Lipinski definition) is 6. The summed E-state index contributed by atoms with van der Waals surface area (Å²) in [6, 6.07) is 14.6. The van der Waals surface area contributed by atoms with Gasteiger partial charge in [0, 0.05) is 11.8 Å². The molecule has 0 aliphatic carbocycles. The van der Waals surface area contributed by atoms with Crippen molar-refractivity contribution in [1.82, 2.24) is 14.3 Å². The summed E-state index contributed by atoms with van der Waals surface area (Å²) in [6.07, 6.45) is 2.95. The molecule has 2 aromatic heterocycles. The average Bonchev–Trinajstić information content (AvgIpc) is 3.24. The first-order chi connectivity index (χ1) is 15.4. The molecular weight excluding hydrogens is 437 g/mol. The molecule has 4 aromatic rings. The van der Waals surface area contributed by atoms with Crippen LogP contribution < -0.4 is 14.3 Å². The summed E-state index contributed by atoms with van der Waals surface area (Å²) < 4.78 is 49.2. The first-order valence-corrected chi connectivity index (χ1v) is 10.4. The fourth-order valence-corrected chi connectivity index (χ4v) is 3.72. The number of aromatic nitrogens is 3. The second-order valence-electron chi connectivity index (χ2n) is 6.72. The number of para-hydroxylation sites is 1. The van der Waals surface area contributed by atoms with Crippen molar-refractivity contribution in [2.24, 2.45) is 0 Å². The molecule has 2 aromatic carbocycles. The molecule has 10 heteroatoms. The van der Waals surface area contributed by atoms with Crippen LogP contribution in [0.5, 0.6) is 11.5 Å². The first kappa shape index (κ1) is 21.5. The Morgan fingerprint density at radius 1 is 1.12 bits per heavy atom. The number of benzene rings is 2. The number of methoxy groups -OCH3 is 1. The summed E-state index contributed by atoms with van der Waals surface area (Å²) in [6.45, 7) is 1.68. The van der Waals surface area contributed by atoms with E-state index >= 15 is 0 Å². The quantitative estimate of drug-likeness (QED) is 0.415. The maximum Gasteiger partial charge on any atom is 0.233 e. The van der Waals surface area contributed by atoms with E-state index in [1.165, 1.54) is 30.0 Å². The van der Waals surface area contributed by atoms with Crippen molar-refractivity contribution in [1.29, 1.82) is 0 Å². The van der Waals surface area contributed by atoms with Crippen LogP contribution in [-0.2, 0) is 11.4 Å². The normalized spacial score (nSPS) is 11.9. The third kappa shape index (κ3) is 3.93. The van der Waals surface area contributed by atoms with Gasteiger partial charge in [0.15, 0.2) is 11.6 Å². The average molecular weight is 454 g/mol. The third-order valence-corrected chi connectivity index (χ3v) is 5.21. The molecule has 0 fully saturated rings. The molecule has 0 saturated heterocycles. The number of ether oxygens (including phenoxy) is 1. The van der Waals surface area contributed by atoms with Crippen molar-refractivity contribution in [2.45, 2.75) is 6.92 Å². The van der Waals surface area contributed by atoms with E-state index < -0.39 is 17.2 Å². The van der Waals surface area contributed by atoms with Crippen LogP contribution in [0.2, 0.25) is 0 Å². The van der Waals surface area contributed by atoms with E-state index in [0.29, 0.717) is 11.4 Å². The van der Waals surface area contributed by atoms with Crippen molar-refractivity contribution in [3.8, 4) is 34.1 Å². The summed E-state index contributed by atoms with van der Waals surface area (Å²) in [5, 5.41) is 4.34. The van der Waals surface area contributed by atoms with E-state index in [1.807, 2.05) is 30.3 Å². The van der Waals surface area contributed by atoms with Gasteiger partial charge in [-0.15, -0.1) is 0 Å². The predicted octanol–water partition coefficient (Wildman–Crippen LogP) is 3.32. The smallest absolute Gasteiger partial charge is 0.233 e. The van der Waals surface area contributed by atoms with Gasteiger partial charge in [-0.2, -0.15) is 5.10 Å². The monoisotopic (exact) mass is 454 g/mol. The summed E-state index contributed by atoms with van der Waals surface area (Å²) in [5.74, 6) is -0.913. The zero-order chi connectivity index (χ0) is 22.8. The number of nitrogens with zero attached hydrogens (tertiary/aromatic N) is 3. The number of hydrogen-bond donors (Lipinski definition) is 0. The van der Waals surface area contributed by atoms with Crippen molar-refractivity contribution < 1.29 is 22.1 Å². The topological polar surface area (TPSA) is 98.4 Å². The second kappa shape index (κ2) is 8.77. The molecule has 0 spiro atoms. The maximum atomic E-state index is 14.9. The molecule has 1 unspecified atom stereocenters. The first-order valence-electron chi connectivity index (χ1n) is 9.38. The van der Waals surface area contributed by atoms with E-state index in [9.17, 15) is 17.9 Å². The van der Waals surface area contributed by atoms with Gasteiger partial charge in [0.25, 0.3) is 0 Å². The fraction of sp³-hybridized carbons (Fsp3) is 0.0909. The number of pyridine rings is 1. The van der Waals surface area contributed by atoms with E-state index in [-0.39, 0.29) is 28.2 Å². The SMILES string of the molecule is COc1cn(-c2ccc(OS(=O)[O-])cc2F)c(C)c(-c2ccnn2-c2ccccc2)c1=O. The van der Waals surface area contributed by atoms with Gasteiger partial charge in [-0.3, -0.25) is 4.79 Å². The summed E-state index contributed by atoms with van der Waals surface area (Å²) >= 11 is -2.83. The van der Waals surface area contributed by atoms with Crippen molar-refractivity contribution in [3.05, 3.63) is 88.7 Å². The third-order valence-electron chi connectivity index (χ3n) is 4.88. The molecule has 32 heavy (non-hydrogen) atoms. The molecule has 0 bridgehead atoms. The van der Waals surface area contributed by atoms with Crippen LogP contribution in [-0.4, -0.2) is 30.2 Å². The molecule has 0 amide bonds. The van der Waals surface area contributed by atoms with Gasteiger partial charge in [0.1, 0.15) is 17.1 Å². The minimum atomic E-state index is -2.83. The molecule has 0 aliphatic rings. The molecule has 164 valence electrons. The Morgan fingerprint density at radius 3 is 2.53 bits per heavy atom. The molecule has 0 aliphatic heterocycles. The Labute approximate surface area is 185 Å². The summed E-state index contributed by atoms with van der Waals surface area (Å²) in [5.41, 5.74) is 1.69. The lowest BCUT2D eigenvalue weighted by atomic mass is 10.1. The largest absolute Gasteiger partial charge is 0.740 e. The molecule has 4 rings (SSSR count). The van der Waals surface area contributed by atoms with Crippen molar-refractivity contribution in [3.63, 3.8) is 0 Å². The lowest BCUT2D eigenvalue weighted by molar-refractivity contribution is 0.407. The van der Waals surface area contributed by atoms with Crippen molar-refractivity contribution >= 4 is 11.4 Å². The molecule has 2 heterocycles. The van der Waals surface area contributed by atoms with Crippen LogP contribution in [0, 0.1) is 12.7 Å². The van der Waals surface area contributed by atoms with Gasteiger partial charge in [0.05, 0.1) is 42.1 Å². The zero-order valence-corrected chi connectivity index (χ0v) is 17.8. The Morgan fingerprint density at radius 2 is 1.88 bits per heavy atom. The van der Waals surface area contributed by atoms with Gasteiger partial charge >= 0.3 is 0 Å². The Hall–Kier alpha value is -3.76. The molecule has 0 N–H and O–H groups in total. The van der Waals surface area contributed by atoms with Crippen LogP contribution >= 0.6 is 0 Å². The van der Waals surface area contributed by atoms with Crippen LogP contribution in [0.25, 0.3) is 22.6 Å². The number of rotatable bonds is 6. The molecule has 0 radical (unpaired) electrons. The van der Waals surface area contributed by atoms with Crippen molar-refractivity contribution in [2.75, 3.05) is 7.11 Å². The maximum absolute atomic E-state index is 14.9. The summed E-state index contributed by atoms with van der Waals surface area (Å²) in [4.78, 5) is 13.2. The number of halogens is 1. The lowest BCUT2D eigenvalue weighted by Crippen LogP contribution is -2.18. The van der Waals surface area contributed by atoms with Gasteiger partial charge in [-0.1, -0.05) is 18.2 Å². The standard InChI is InChI=1S/C22H18FN3O5S/c1-14-21(19-10-11-24-26(19)15-6-4-3-5-7-15)22(27)20(30-2)13-25(14)18-9-8-16(12-17(18)23)31-32(28)29/h3-13H,1-2H3,(H,28,29)/p-1. The van der Waals surface area contributed by atoms with E-state index in [1.54, 1.807) is 23.9 Å². The Balaban J connectivity index is 1.93. The van der Waals surface area contributed by atoms with E-state index in [0.717, 1.165) is 11.8 Å². The fourth-order valence-electron chi connectivity index (χ4n) is 3.46. The summed E-state index contributed by atoms with van der Waals surface area (Å²) in [7, 11) is 1.35. The lowest BCUT2D eigenvalue weighted by Gasteiger charge is -2.18. The van der Waals surface area contributed by atoms with Crippen LogP contribution in [0.1, 0.15) is 5.69 Å². The molecular formula is C22H17FN3O5S-. The van der Waals surface area contributed by atoms with Crippen LogP contribution in [0.4, 0.5) is 4.39 Å². The van der Waals surface area contributed by atoms with E-state index in [4.69, 9.17) is 4.74 Å².